The Balaban J connectivity index is 1.94. The van der Waals surface area contributed by atoms with Gasteiger partial charge in [0.05, 0.1) is 0 Å². The molecule has 124 valence electrons. The Bertz CT molecular complexity index is 953. The van der Waals surface area contributed by atoms with Crippen molar-refractivity contribution in [2.24, 2.45) is 6.98 Å². The summed E-state index contributed by atoms with van der Waals surface area (Å²) in [4.78, 5) is 11.3. The summed E-state index contributed by atoms with van der Waals surface area (Å²) in [5, 5.41) is 0.114. The van der Waals surface area contributed by atoms with Crippen LogP contribution >= 0.6 is 11.6 Å². The van der Waals surface area contributed by atoms with Crippen LogP contribution in [0.4, 0.5) is 13.2 Å². The van der Waals surface area contributed by atoms with Gasteiger partial charge in [0.1, 0.15) is 5.82 Å². The van der Waals surface area contributed by atoms with Crippen molar-refractivity contribution in [3.63, 3.8) is 0 Å². The predicted molar refractivity (Wildman–Crippen MR) is 83.5 cm³/mol. The zero-order valence-corrected chi connectivity index (χ0v) is 12.8. The highest BCUT2D eigenvalue weighted by atomic mass is 35.5. The van der Waals surface area contributed by atoms with Gasteiger partial charge in [-0.1, -0.05) is 24.3 Å². The summed E-state index contributed by atoms with van der Waals surface area (Å²) in [6.45, 7) is -2.79. The van der Waals surface area contributed by atoms with E-state index in [-0.39, 0.29) is 16.7 Å². The SMILES string of the molecule is [2H]C([2H])([2H])n1cc(C(F)(F)F)nc1-c1ccc(Cc2ccnc(Cl)n2)cc1. The molecule has 0 radical (unpaired) electrons. The maximum Gasteiger partial charge on any atom is 0.434 e. The monoisotopic (exact) mass is 355 g/mol. The molecule has 24 heavy (non-hydrogen) atoms. The normalized spacial score (nSPS) is 14.1. The van der Waals surface area contributed by atoms with E-state index in [9.17, 15) is 13.2 Å². The van der Waals surface area contributed by atoms with Crippen molar-refractivity contribution in [1.29, 1.82) is 0 Å². The fraction of sp³-hybridized carbons (Fsp3) is 0.188. The minimum Gasteiger partial charge on any atom is -0.333 e. The van der Waals surface area contributed by atoms with Crippen LogP contribution in [-0.4, -0.2) is 19.5 Å². The van der Waals surface area contributed by atoms with Gasteiger partial charge in [0, 0.05) is 41.2 Å². The van der Waals surface area contributed by atoms with Crippen LogP contribution in [0.5, 0.6) is 0 Å². The number of imidazole rings is 1. The van der Waals surface area contributed by atoms with Crippen molar-refractivity contribution in [3.05, 3.63) is 65.0 Å². The van der Waals surface area contributed by atoms with E-state index in [1.165, 1.54) is 18.3 Å². The van der Waals surface area contributed by atoms with Crippen LogP contribution in [0.3, 0.4) is 0 Å². The van der Waals surface area contributed by atoms with E-state index in [1.54, 1.807) is 18.2 Å². The first kappa shape index (κ1) is 12.9. The average Bonchev–Trinajstić information content (AvgIpc) is 3.01. The average molecular weight is 356 g/mol. The van der Waals surface area contributed by atoms with Crippen LogP contribution in [0, 0.1) is 0 Å². The lowest BCUT2D eigenvalue weighted by atomic mass is 10.1. The molecule has 0 bridgehead atoms. The molecule has 3 rings (SSSR count). The Morgan fingerprint density at radius 2 is 1.92 bits per heavy atom. The second-order valence-electron chi connectivity index (χ2n) is 5.01. The van der Waals surface area contributed by atoms with Crippen LogP contribution in [0.1, 0.15) is 21.1 Å². The van der Waals surface area contributed by atoms with E-state index >= 15 is 0 Å². The molecule has 3 aromatic rings. The molecule has 2 aromatic heterocycles. The molecule has 2 heterocycles. The molecule has 4 nitrogen and oxygen atoms in total. The van der Waals surface area contributed by atoms with E-state index in [2.05, 4.69) is 15.0 Å². The zero-order chi connectivity index (χ0) is 19.8. The van der Waals surface area contributed by atoms with Gasteiger partial charge in [0.2, 0.25) is 5.28 Å². The van der Waals surface area contributed by atoms with Crippen molar-refractivity contribution >= 4 is 11.6 Å². The topological polar surface area (TPSA) is 43.6 Å². The van der Waals surface area contributed by atoms with E-state index < -0.39 is 18.8 Å². The number of hydrogen-bond acceptors (Lipinski definition) is 3. The highest BCUT2D eigenvalue weighted by Gasteiger charge is 2.34. The van der Waals surface area contributed by atoms with E-state index in [0.29, 0.717) is 22.9 Å². The summed E-state index contributed by atoms with van der Waals surface area (Å²) >= 11 is 5.74. The van der Waals surface area contributed by atoms with Crippen molar-refractivity contribution in [3.8, 4) is 11.4 Å². The Morgan fingerprint density at radius 1 is 1.17 bits per heavy atom. The number of alkyl halides is 3. The molecule has 0 unspecified atom stereocenters. The maximum absolute atomic E-state index is 12.9. The van der Waals surface area contributed by atoms with Crippen LogP contribution in [0.15, 0.2) is 42.7 Å². The molecule has 0 saturated heterocycles. The van der Waals surface area contributed by atoms with E-state index in [1.807, 2.05) is 0 Å². The van der Waals surface area contributed by atoms with Crippen molar-refractivity contribution in [2.45, 2.75) is 12.6 Å². The standard InChI is InChI=1S/C16H12ClF3N4/c1-24-9-13(16(18,19)20)23-14(24)11-4-2-10(3-5-11)8-12-6-7-21-15(17)22-12/h2-7,9H,8H2,1H3/i1D3. The number of aryl methyl sites for hydroxylation is 1. The Hall–Kier alpha value is -2.41. The van der Waals surface area contributed by atoms with Crippen LogP contribution < -0.4 is 0 Å². The van der Waals surface area contributed by atoms with Crippen molar-refractivity contribution < 1.29 is 17.3 Å². The third-order valence-electron chi connectivity index (χ3n) is 3.28. The molecule has 0 N–H and O–H groups in total. The molecule has 1 aromatic carbocycles. The highest BCUT2D eigenvalue weighted by molar-refractivity contribution is 6.28. The zero-order valence-electron chi connectivity index (χ0n) is 15.0. The third-order valence-corrected chi connectivity index (χ3v) is 3.46. The quantitative estimate of drug-likeness (QED) is 0.663. The molecule has 0 amide bonds. The first-order valence-corrected chi connectivity index (χ1v) is 7.15. The van der Waals surface area contributed by atoms with Gasteiger partial charge in [-0.25, -0.2) is 15.0 Å². The molecule has 0 aliphatic heterocycles. The van der Waals surface area contributed by atoms with Crippen LogP contribution in [0.2, 0.25) is 5.28 Å². The number of halogens is 4. The third kappa shape index (κ3) is 3.56. The Morgan fingerprint density at radius 3 is 2.54 bits per heavy atom. The minimum absolute atomic E-state index is 0.114. The maximum atomic E-state index is 12.9. The van der Waals surface area contributed by atoms with Gasteiger partial charge in [-0.2, -0.15) is 13.2 Å². The van der Waals surface area contributed by atoms with Crippen molar-refractivity contribution in [1.82, 2.24) is 19.5 Å². The van der Waals surface area contributed by atoms with Gasteiger partial charge in [0.15, 0.2) is 5.69 Å². The largest absolute Gasteiger partial charge is 0.434 e. The van der Waals surface area contributed by atoms with Gasteiger partial charge >= 0.3 is 6.18 Å². The highest BCUT2D eigenvalue weighted by Crippen LogP contribution is 2.30. The first-order chi connectivity index (χ1) is 12.5. The van der Waals surface area contributed by atoms with E-state index in [0.717, 1.165) is 5.56 Å². The smallest absolute Gasteiger partial charge is 0.333 e. The number of aromatic nitrogens is 4. The summed E-state index contributed by atoms with van der Waals surface area (Å²) in [7, 11) is 0. The summed E-state index contributed by atoms with van der Waals surface area (Å²) in [6.07, 6.45) is -2.29. The van der Waals surface area contributed by atoms with Crippen LogP contribution in [0.25, 0.3) is 11.4 Å². The first-order valence-electron chi connectivity index (χ1n) is 8.28. The second kappa shape index (κ2) is 6.24. The predicted octanol–water partition coefficient (Wildman–Crippen LogP) is 4.14. The number of rotatable bonds is 3. The lowest BCUT2D eigenvalue weighted by Gasteiger charge is -2.05. The molecule has 0 saturated carbocycles. The second-order valence-corrected chi connectivity index (χ2v) is 5.35. The number of benzene rings is 1. The molecule has 8 heteroatoms. The summed E-state index contributed by atoms with van der Waals surface area (Å²) in [5.41, 5.74) is 0.488. The van der Waals surface area contributed by atoms with Gasteiger partial charge in [-0.05, 0) is 23.2 Å². The van der Waals surface area contributed by atoms with Gasteiger partial charge in [-0.15, -0.1) is 0 Å². The van der Waals surface area contributed by atoms with Gasteiger partial charge < -0.3 is 4.57 Å². The Kier molecular flexibility index (Phi) is 3.37. The summed E-state index contributed by atoms with van der Waals surface area (Å²) in [6, 6.07) is 8.05. The lowest BCUT2D eigenvalue weighted by Crippen LogP contribution is -2.04. The minimum atomic E-state index is -4.74. The van der Waals surface area contributed by atoms with Crippen molar-refractivity contribution in [2.75, 3.05) is 0 Å². The molecule has 0 aliphatic rings. The lowest BCUT2D eigenvalue weighted by molar-refractivity contribution is -0.140. The van der Waals surface area contributed by atoms with Crippen LogP contribution in [-0.2, 0) is 19.6 Å². The molecule has 0 atom stereocenters. The molecular weight excluding hydrogens is 341 g/mol. The Labute approximate surface area is 145 Å². The summed E-state index contributed by atoms with van der Waals surface area (Å²) in [5.74, 6) is -0.279. The van der Waals surface area contributed by atoms with Gasteiger partial charge in [0.25, 0.3) is 0 Å². The number of nitrogens with zero attached hydrogens (tertiary/aromatic N) is 4. The van der Waals surface area contributed by atoms with Gasteiger partial charge in [-0.3, -0.25) is 0 Å². The van der Waals surface area contributed by atoms with E-state index in [4.69, 9.17) is 15.7 Å². The molecule has 0 aliphatic carbocycles. The number of hydrogen-bond donors (Lipinski definition) is 0. The fourth-order valence-corrected chi connectivity index (χ4v) is 2.33. The molecular formula is C16H12ClF3N4. The molecule has 0 spiro atoms. The fourth-order valence-electron chi connectivity index (χ4n) is 2.17. The summed E-state index contributed by atoms with van der Waals surface area (Å²) < 4.78 is 61.7. The molecule has 0 fully saturated rings.